The number of carbonyl (C=O) groups is 2. The van der Waals surface area contributed by atoms with Crippen molar-refractivity contribution in [3.8, 4) is 0 Å². The summed E-state index contributed by atoms with van der Waals surface area (Å²) >= 11 is 3.43. The van der Waals surface area contributed by atoms with Gasteiger partial charge < -0.3 is 10.2 Å². The van der Waals surface area contributed by atoms with Crippen LogP contribution in [0.5, 0.6) is 0 Å². The van der Waals surface area contributed by atoms with E-state index in [1.807, 2.05) is 43.3 Å². The molecule has 3 aromatic rings. The van der Waals surface area contributed by atoms with Gasteiger partial charge in [-0.15, -0.1) is 0 Å². The van der Waals surface area contributed by atoms with Gasteiger partial charge in [-0.3, -0.25) is 14.4 Å². The van der Waals surface area contributed by atoms with Crippen molar-refractivity contribution < 1.29 is 9.59 Å². The number of aromatic nitrogens is 2. The molecule has 0 bridgehead atoms. The predicted molar refractivity (Wildman–Crippen MR) is 122 cm³/mol. The van der Waals surface area contributed by atoms with Crippen LogP contribution in [0, 0.1) is 6.92 Å². The predicted octanol–water partition coefficient (Wildman–Crippen LogP) is 3.55. The zero-order chi connectivity index (χ0) is 22.0. The van der Waals surface area contributed by atoms with Crippen LogP contribution in [0.2, 0.25) is 0 Å². The molecule has 0 spiro atoms. The summed E-state index contributed by atoms with van der Waals surface area (Å²) in [6.45, 7) is 2.59. The van der Waals surface area contributed by atoms with Gasteiger partial charge in [0.15, 0.2) is 0 Å². The Balaban J connectivity index is 1.44. The summed E-state index contributed by atoms with van der Waals surface area (Å²) in [7, 11) is 0. The van der Waals surface area contributed by atoms with Gasteiger partial charge in [0.25, 0.3) is 11.5 Å². The molecule has 0 saturated carbocycles. The zero-order valence-electron chi connectivity index (χ0n) is 17.0. The molecule has 7 nitrogen and oxygen atoms in total. The lowest BCUT2D eigenvalue weighted by atomic mass is 10.2. The molecule has 0 unspecified atom stereocenters. The van der Waals surface area contributed by atoms with Gasteiger partial charge in [-0.1, -0.05) is 34.1 Å². The molecule has 1 aromatic heterocycles. The molecule has 1 aliphatic heterocycles. The summed E-state index contributed by atoms with van der Waals surface area (Å²) in [6, 6.07) is 16.0. The Morgan fingerprint density at radius 3 is 2.74 bits per heavy atom. The van der Waals surface area contributed by atoms with E-state index in [1.165, 1.54) is 16.8 Å². The van der Waals surface area contributed by atoms with Crippen LogP contribution >= 0.6 is 15.9 Å². The minimum absolute atomic E-state index is 0.0617. The molecular weight excluding hydrogens is 460 g/mol. The molecule has 2 heterocycles. The number of rotatable bonds is 5. The van der Waals surface area contributed by atoms with Gasteiger partial charge in [0.2, 0.25) is 5.91 Å². The maximum atomic E-state index is 13.0. The molecule has 0 saturated heterocycles. The molecular formula is C23H21BrN4O3. The smallest absolute Gasteiger partial charge is 0.278 e. The van der Waals surface area contributed by atoms with Crippen LogP contribution in [-0.2, 0) is 17.8 Å². The number of para-hydroxylation sites is 1. The molecule has 1 aliphatic rings. The number of fused-ring (bicyclic) bond motifs is 1. The fourth-order valence-electron chi connectivity index (χ4n) is 3.56. The SMILES string of the molecule is Cc1cc(NC(=O)CCn2nc(C(=O)N3CCc4ccccc43)ccc2=O)ccc1Br. The van der Waals surface area contributed by atoms with Gasteiger partial charge in [0, 0.05) is 34.9 Å². The van der Waals surface area contributed by atoms with Gasteiger partial charge in [0.05, 0.1) is 6.54 Å². The standard InChI is InChI=1S/C23H21BrN4O3/c1-15-14-17(6-7-18(15)24)25-21(29)11-13-28-22(30)9-8-19(26-28)23(31)27-12-10-16-4-2-3-5-20(16)27/h2-9,14H,10-13H2,1H3,(H,25,29). The average molecular weight is 481 g/mol. The van der Waals surface area contributed by atoms with E-state index in [0.717, 1.165) is 27.7 Å². The number of nitrogens with one attached hydrogen (secondary N) is 1. The van der Waals surface area contributed by atoms with Crippen molar-refractivity contribution in [1.82, 2.24) is 9.78 Å². The van der Waals surface area contributed by atoms with Crippen molar-refractivity contribution in [3.63, 3.8) is 0 Å². The van der Waals surface area contributed by atoms with E-state index in [9.17, 15) is 14.4 Å². The average Bonchev–Trinajstić information content (AvgIpc) is 3.19. The summed E-state index contributed by atoms with van der Waals surface area (Å²) in [5.41, 5.74) is 3.50. The van der Waals surface area contributed by atoms with Crippen LogP contribution in [0.3, 0.4) is 0 Å². The topological polar surface area (TPSA) is 84.3 Å². The van der Waals surface area contributed by atoms with Gasteiger partial charge in [0.1, 0.15) is 5.69 Å². The Bertz CT molecular complexity index is 1220. The number of amides is 2. The first-order chi connectivity index (χ1) is 14.9. The zero-order valence-corrected chi connectivity index (χ0v) is 18.6. The van der Waals surface area contributed by atoms with Gasteiger partial charge in [-0.25, -0.2) is 4.68 Å². The van der Waals surface area contributed by atoms with Gasteiger partial charge in [-0.05, 0) is 54.8 Å². The number of aryl methyl sites for hydroxylation is 2. The second-order valence-corrected chi connectivity index (χ2v) is 8.23. The normalized spacial score (nSPS) is 12.5. The van der Waals surface area contributed by atoms with Crippen molar-refractivity contribution in [2.24, 2.45) is 0 Å². The number of carbonyl (C=O) groups excluding carboxylic acids is 2. The Morgan fingerprint density at radius 2 is 1.94 bits per heavy atom. The number of hydrogen-bond donors (Lipinski definition) is 1. The highest BCUT2D eigenvalue weighted by Crippen LogP contribution is 2.28. The Labute approximate surface area is 187 Å². The van der Waals surface area contributed by atoms with E-state index >= 15 is 0 Å². The van der Waals surface area contributed by atoms with Crippen molar-refractivity contribution in [3.05, 3.63) is 86.2 Å². The van der Waals surface area contributed by atoms with Gasteiger partial charge >= 0.3 is 0 Å². The lowest BCUT2D eigenvalue weighted by Crippen LogP contribution is -2.33. The van der Waals surface area contributed by atoms with Crippen molar-refractivity contribution in [1.29, 1.82) is 0 Å². The molecule has 31 heavy (non-hydrogen) atoms. The molecule has 0 atom stereocenters. The molecule has 1 N–H and O–H groups in total. The molecule has 0 aliphatic carbocycles. The Kier molecular flexibility index (Phi) is 5.99. The molecule has 0 fully saturated rings. The minimum Gasteiger partial charge on any atom is -0.326 e. The minimum atomic E-state index is -0.356. The number of hydrogen-bond acceptors (Lipinski definition) is 4. The number of benzene rings is 2. The van der Waals surface area contributed by atoms with Crippen molar-refractivity contribution in [2.75, 3.05) is 16.8 Å². The summed E-state index contributed by atoms with van der Waals surface area (Å²) in [5.74, 6) is -0.492. The number of anilines is 2. The van der Waals surface area contributed by atoms with Crippen molar-refractivity contribution in [2.45, 2.75) is 26.3 Å². The lowest BCUT2D eigenvalue weighted by Gasteiger charge is -2.17. The molecule has 0 radical (unpaired) electrons. The fourth-order valence-corrected chi connectivity index (χ4v) is 3.81. The fraction of sp³-hybridized carbons (Fsp3) is 0.217. The molecule has 4 rings (SSSR count). The summed E-state index contributed by atoms with van der Waals surface area (Å²) in [4.78, 5) is 39.2. The van der Waals surface area contributed by atoms with E-state index in [2.05, 4.69) is 26.3 Å². The van der Waals surface area contributed by atoms with Crippen LogP contribution in [-0.4, -0.2) is 28.1 Å². The molecule has 8 heteroatoms. The number of nitrogens with zero attached hydrogens (tertiary/aromatic N) is 3. The third-order valence-corrected chi connectivity index (χ3v) is 6.10. The maximum absolute atomic E-state index is 13.0. The second-order valence-electron chi connectivity index (χ2n) is 7.38. The maximum Gasteiger partial charge on any atom is 0.278 e. The van der Waals surface area contributed by atoms with E-state index in [1.54, 1.807) is 11.0 Å². The highest BCUT2D eigenvalue weighted by atomic mass is 79.9. The highest BCUT2D eigenvalue weighted by molar-refractivity contribution is 9.10. The monoisotopic (exact) mass is 480 g/mol. The van der Waals surface area contributed by atoms with E-state index in [4.69, 9.17) is 0 Å². The largest absolute Gasteiger partial charge is 0.326 e. The highest BCUT2D eigenvalue weighted by Gasteiger charge is 2.26. The Hall–Kier alpha value is -3.26. The van der Waals surface area contributed by atoms with Crippen LogP contribution in [0.15, 0.2) is 63.9 Å². The van der Waals surface area contributed by atoms with Crippen LogP contribution in [0.1, 0.15) is 28.0 Å². The van der Waals surface area contributed by atoms with Crippen LogP contribution in [0.4, 0.5) is 11.4 Å². The van der Waals surface area contributed by atoms with Gasteiger partial charge in [-0.2, -0.15) is 5.10 Å². The summed E-state index contributed by atoms with van der Waals surface area (Å²) in [6.07, 6.45) is 0.851. The van der Waals surface area contributed by atoms with Crippen LogP contribution in [0.25, 0.3) is 0 Å². The van der Waals surface area contributed by atoms with E-state index in [-0.39, 0.29) is 36.0 Å². The Morgan fingerprint density at radius 1 is 1.13 bits per heavy atom. The van der Waals surface area contributed by atoms with Crippen molar-refractivity contribution >= 4 is 39.1 Å². The first-order valence-corrected chi connectivity index (χ1v) is 10.8. The quantitative estimate of drug-likeness (QED) is 0.604. The summed E-state index contributed by atoms with van der Waals surface area (Å²) in [5, 5.41) is 7.04. The molecule has 2 aromatic carbocycles. The third kappa shape index (κ3) is 4.59. The molecule has 2 amide bonds. The van der Waals surface area contributed by atoms with E-state index in [0.29, 0.717) is 12.2 Å². The molecule has 158 valence electrons. The van der Waals surface area contributed by atoms with Crippen LogP contribution < -0.4 is 15.8 Å². The summed E-state index contributed by atoms with van der Waals surface area (Å²) < 4.78 is 2.13. The first-order valence-electron chi connectivity index (χ1n) is 9.96. The number of halogens is 1. The third-order valence-electron chi connectivity index (χ3n) is 5.21. The second kappa shape index (κ2) is 8.85. The lowest BCUT2D eigenvalue weighted by molar-refractivity contribution is -0.116. The van der Waals surface area contributed by atoms with E-state index < -0.39 is 0 Å². The first kappa shape index (κ1) is 21.0.